The lowest BCUT2D eigenvalue weighted by molar-refractivity contribution is -0.151. The highest BCUT2D eigenvalue weighted by Crippen LogP contribution is 2.67. The topological polar surface area (TPSA) is 26.3 Å². The molecule has 2 nitrogen and oxygen atoms in total. The maximum Gasteiger partial charge on any atom is 0.306 e. The van der Waals surface area contributed by atoms with Crippen molar-refractivity contribution in [3.8, 4) is 0 Å². The minimum Gasteiger partial charge on any atom is -0.462 e. The number of hydrogen-bond donors (Lipinski definition) is 0. The van der Waals surface area contributed by atoms with Gasteiger partial charge < -0.3 is 4.74 Å². The summed E-state index contributed by atoms with van der Waals surface area (Å²) < 4.78 is 6.14. The monoisotopic (exact) mass is 679 g/mol. The first-order valence-corrected chi connectivity index (χ1v) is 22.2. The van der Waals surface area contributed by atoms with Crippen LogP contribution in [0.4, 0.5) is 0 Å². The second-order valence-electron chi connectivity index (χ2n) is 18.6. The largest absolute Gasteiger partial charge is 0.462 e. The molecule has 0 aromatic rings. The lowest BCUT2D eigenvalue weighted by Crippen LogP contribution is -2.51. The van der Waals surface area contributed by atoms with E-state index < -0.39 is 0 Å². The molecule has 3 saturated carbocycles. The average Bonchev–Trinajstić information content (AvgIpc) is 3.44. The summed E-state index contributed by atoms with van der Waals surface area (Å²) in [6.07, 6.45) is 39.4. The van der Waals surface area contributed by atoms with Crippen molar-refractivity contribution in [1.29, 1.82) is 0 Å². The van der Waals surface area contributed by atoms with E-state index in [-0.39, 0.29) is 12.1 Å². The molecule has 0 aromatic carbocycles. The van der Waals surface area contributed by atoms with Crippen molar-refractivity contribution in [2.24, 2.45) is 52.3 Å². The Balaban J connectivity index is 1.13. The van der Waals surface area contributed by atoms with Crippen LogP contribution in [0.25, 0.3) is 0 Å². The second kappa shape index (κ2) is 20.3. The van der Waals surface area contributed by atoms with Crippen LogP contribution in [0.1, 0.15) is 209 Å². The normalized spacial score (nSPS) is 32.4. The van der Waals surface area contributed by atoms with Gasteiger partial charge in [-0.2, -0.15) is 0 Å². The number of fused-ring (bicyclic) bond motifs is 5. The molecule has 9 unspecified atom stereocenters. The lowest BCUT2D eigenvalue weighted by atomic mass is 9.47. The number of esters is 1. The van der Waals surface area contributed by atoms with Crippen molar-refractivity contribution in [2.75, 3.05) is 0 Å². The van der Waals surface area contributed by atoms with Gasteiger partial charge >= 0.3 is 5.97 Å². The highest BCUT2D eigenvalue weighted by atomic mass is 16.5. The Bertz CT molecular complexity index is 1020. The molecule has 0 heterocycles. The van der Waals surface area contributed by atoms with Gasteiger partial charge in [-0.3, -0.25) is 4.79 Å². The van der Waals surface area contributed by atoms with Crippen LogP contribution < -0.4 is 0 Å². The van der Waals surface area contributed by atoms with Gasteiger partial charge in [0, 0.05) is 12.8 Å². The van der Waals surface area contributed by atoms with Crippen molar-refractivity contribution in [2.45, 2.75) is 215 Å². The molecule has 3 fully saturated rings. The molecule has 0 saturated heterocycles. The minimum atomic E-state index is 0.0544. The third-order valence-electron chi connectivity index (χ3n) is 15.2. The third kappa shape index (κ3) is 11.0. The molecule has 0 bridgehead atoms. The van der Waals surface area contributed by atoms with Crippen molar-refractivity contribution in [3.05, 3.63) is 23.8 Å². The molecular weight excluding hydrogens is 597 g/mol. The van der Waals surface area contributed by atoms with Crippen molar-refractivity contribution < 1.29 is 9.53 Å². The number of rotatable bonds is 22. The summed E-state index contributed by atoms with van der Waals surface area (Å²) in [6, 6.07) is 0. The van der Waals surface area contributed by atoms with Crippen LogP contribution in [-0.2, 0) is 9.53 Å². The van der Waals surface area contributed by atoms with E-state index in [1.165, 1.54) is 128 Å². The van der Waals surface area contributed by atoms with Crippen LogP contribution in [0.2, 0.25) is 0 Å². The maximum absolute atomic E-state index is 12.8. The molecule has 4 aliphatic rings. The maximum atomic E-state index is 12.8. The van der Waals surface area contributed by atoms with E-state index >= 15 is 0 Å². The summed E-state index contributed by atoms with van der Waals surface area (Å²) in [6.45, 7) is 17.5. The van der Waals surface area contributed by atoms with Gasteiger partial charge in [0.1, 0.15) is 6.10 Å². The van der Waals surface area contributed by atoms with Gasteiger partial charge in [0.25, 0.3) is 0 Å². The Labute approximate surface area is 305 Å². The van der Waals surface area contributed by atoms with Crippen LogP contribution in [0.5, 0.6) is 0 Å². The van der Waals surface area contributed by atoms with Crippen LogP contribution in [0, 0.1) is 52.3 Å². The van der Waals surface area contributed by atoms with Gasteiger partial charge in [0.15, 0.2) is 0 Å². The van der Waals surface area contributed by atoms with Gasteiger partial charge in [-0.15, -0.1) is 0 Å². The molecule has 49 heavy (non-hydrogen) atoms. The zero-order valence-corrected chi connectivity index (χ0v) is 33.8. The fourth-order valence-corrected chi connectivity index (χ4v) is 12.0. The van der Waals surface area contributed by atoms with E-state index in [1.54, 1.807) is 5.57 Å². The molecule has 0 amide bonds. The van der Waals surface area contributed by atoms with Crippen molar-refractivity contribution in [1.82, 2.24) is 0 Å². The van der Waals surface area contributed by atoms with E-state index in [0.717, 1.165) is 67.1 Å². The minimum absolute atomic E-state index is 0.0544. The standard InChI is InChI=1S/C47H82O2/c1-8-10-11-12-13-14-15-16-17-18-19-20-21-22-23-24-45(48)49-40-31-33-46(6)39(35-40)27-28-41-43-30-29-42(47(43,7)34-32-44(41)46)37(5)25-26-38(9-2)36(3)4/h16-17,27,36-38,40-44H,8-15,18-26,28-35H2,1-7H3. The van der Waals surface area contributed by atoms with E-state index in [2.05, 4.69) is 66.7 Å². The zero-order valence-electron chi connectivity index (χ0n) is 33.8. The first-order valence-electron chi connectivity index (χ1n) is 22.2. The van der Waals surface area contributed by atoms with E-state index in [0.29, 0.717) is 17.3 Å². The first-order chi connectivity index (χ1) is 23.6. The highest BCUT2D eigenvalue weighted by Gasteiger charge is 2.59. The molecule has 0 N–H and O–H groups in total. The number of ether oxygens (including phenoxy) is 1. The van der Waals surface area contributed by atoms with Crippen molar-refractivity contribution in [3.63, 3.8) is 0 Å². The van der Waals surface area contributed by atoms with E-state index in [1.807, 2.05) is 0 Å². The SMILES string of the molecule is CCCCCCCCC=CCCCCCCCC(=O)OC1CCC2(C)C(=CCC3C2CCC2(C)C(C(C)CCC(CC)C(C)C)CCC32)C1. The number of carbonyl (C=O) groups excluding carboxylic acids is 1. The predicted octanol–water partition coefficient (Wildman–Crippen LogP) is 14.6. The van der Waals surface area contributed by atoms with Gasteiger partial charge in [-0.1, -0.05) is 136 Å². The number of unbranched alkanes of at least 4 members (excludes halogenated alkanes) is 11. The second-order valence-corrected chi connectivity index (χ2v) is 18.6. The smallest absolute Gasteiger partial charge is 0.306 e. The first kappa shape index (κ1) is 40.7. The molecule has 0 radical (unpaired) electrons. The zero-order chi connectivity index (χ0) is 35.3. The quantitative estimate of drug-likeness (QED) is 0.0647. The third-order valence-corrected chi connectivity index (χ3v) is 15.2. The van der Waals surface area contributed by atoms with Crippen LogP contribution in [0.3, 0.4) is 0 Å². The Kier molecular flexibility index (Phi) is 16.8. The van der Waals surface area contributed by atoms with Gasteiger partial charge in [-0.25, -0.2) is 0 Å². The molecule has 0 aromatic heterocycles. The Morgan fingerprint density at radius 1 is 0.816 bits per heavy atom. The summed E-state index contributed by atoms with van der Waals surface area (Å²) in [7, 11) is 0. The molecule has 4 aliphatic carbocycles. The van der Waals surface area contributed by atoms with Crippen molar-refractivity contribution >= 4 is 5.97 Å². The van der Waals surface area contributed by atoms with Crippen LogP contribution in [-0.4, -0.2) is 12.1 Å². The summed E-state index contributed by atoms with van der Waals surface area (Å²) >= 11 is 0. The van der Waals surface area contributed by atoms with Gasteiger partial charge in [0.2, 0.25) is 0 Å². The Hall–Kier alpha value is -1.05. The fraction of sp³-hybridized carbons (Fsp3) is 0.894. The summed E-state index contributed by atoms with van der Waals surface area (Å²) in [5.41, 5.74) is 2.51. The van der Waals surface area contributed by atoms with Crippen LogP contribution >= 0.6 is 0 Å². The lowest BCUT2D eigenvalue weighted by Gasteiger charge is -2.58. The van der Waals surface area contributed by atoms with Gasteiger partial charge in [0.05, 0.1) is 0 Å². The van der Waals surface area contributed by atoms with E-state index in [9.17, 15) is 4.79 Å². The average molecular weight is 679 g/mol. The fourth-order valence-electron chi connectivity index (χ4n) is 12.0. The van der Waals surface area contributed by atoms with Crippen LogP contribution in [0.15, 0.2) is 23.8 Å². The van der Waals surface area contributed by atoms with Gasteiger partial charge in [-0.05, 0) is 136 Å². The molecule has 9 atom stereocenters. The Morgan fingerprint density at radius 3 is 2.16 bits per heavy atom. The Morgan fingerprint density at radius 2 is 1.49 bits per heavy atom. The molecular formula is C47H82O2. The summed E-state index contributed by atoms with van der Waals surface area (Å²) in [4.78, 5) is 12.8. The molecule has 0 aliphatic heterocycles. The molecule has 282 valence electrons. The summed E-state index contributed by atoms with van der Waals surface area (Å²) in [5.74, 6) is 6.15. The summed E-state index contributed by atoms with van der Waals surface area (Å²) in [5, 5.41) is 0. The number of hydrogen-bond acceptors (Lipinski definition) is 2. The number of carbonyl (C=O) groups is 1. The molecule has 4 rings (SSSR count). The van der Waals surface area contributed by atoms with E-state index in [4.69, 9.17) is 4.74 Å². The highest BCUT2D eigenvalue weighted by molar-refractivity contribution is 5.69. The molecule has 2 heteroatoms. The predicted molar refractivity (Wildman–Crippen MR) is 212 cm³/mol. The number of allylic oxidation sites excluding steroid dienone is 3. The molecule has 0 spiro atoms.